The van der Waals surface area contributed by atoms with Crippen LogP contribution < -0.4 is 5.73 Å². The second kappa shape index (κ2) is 6.41. The summed E-state index contributed by atoms with van der Waals surface area (Å²) >= 11 is 0. The monoisotopic (exact) mass is 198 g/mol. The molecular weight excluding hydrogens is 172 g/mol. The van der Waals surface area contributed by atoms with Crippen LogP contribution >= 0.6 is 0 Å². The van der Waals surface area contributed by atoms with Crippen molar-refractivity contribution in [2.45, 2.75) is 64.5 Å². The molecule has 1 rings (SSSR count). The molecule has 0 aromatic carbocycles. The van der Waals surface area contributed by atoms with Gasteiger partial charge in [-0.2, -0.15) is 0 Å². The van der Waals surface area contributed by atoms with Gasteiger partial charge in [-0.05, 0) is 32.7 Å². The number of hydrogen-bond donors (Lipinski definition) is 1. The van der Waals surface area contributed by atoms with E-state index < -0.39 is 0 Å². The Balaban J connectivity index is 2.29. The van der Waals surface area contributed by atoms with Crippen LogP contribution in [-0.4, -0.2) is 30.1 Å². The molecule has 2 unspecified atom stereocenters. The van der Waals surface area contributed by atoms with Crippen LogP contribution in [0.4, 0.5) is 0 Å². The predicted octanol–water partition coefficient (Wildman–Crippen LogP) is 2.38. The van der Waals surface area contributed by atoms with Crippen molar-refractivity contribution in [3.8, 4) is 0 Å². The number of likely N-dealkylation sites (tertiary alicyclic amines) is 1. The predicted molar refractivity (Wildman–Crippen MR) is 62.4 cm³/mol. The smallest absolute Gasteiger partial charge is 0.0221 e. The second-order valence-corrected chi connectivity index (χ2v) is 4.61. The Kier molecular flexibility index (Phi) is 5.49. The van der Waals surface area contributed by atoms with Crippen molar-refractivity contribution in [3.63, 3.8) is 0 Å². The number of nitrogens with two attached hydrogens (primary N) is 1. The first-order valence-electron chi connectivity index (χ1n) is 6.25. The molecule has 0 aliphatic carbocycles. The summed E-state index contributed by atoms with van der Waals surface area (Å²) in [6.45, 7) is 6.72. The zero-order valence-corrected chi connectivity index (χ0v) is 9.84. The first-order valence-corrected chi connectivity index (χ1v) is 6.25. The summed E-state index contributed by atoms with van der Waals surface area (Å²) in [5.74, 6) is 0. The van der Waals surface area contributed by atoms with Gasteiger partial charge in [0, 0.05) is 18.6 Å². The molecule has 84 valence electrons. The van der Waals surface area contributed by atoms with Gasteiger partial charge in [-0.25, -0.2) is 0 Å². The Hall–Kier alpha value is -0.0800. The third kappa shape index (κ3) is 3.25. The Labute approximate surface area is 88.8 Å². The van der Waals surface area contributed by atoms with Gasteiger partial charge in [0.05, 0.1) is 0 Å². The molecule has 1 aliphatic rings. The van der Waals surface area contributed by atoms with E-state index in [0.717, 1.165) is 12.6 Å². The molecule has 14 heavy (non-hydrogen) atoms. The molecule has 0 aromatic rings. The van der Waals surface area contributed by atoms with E-state index in [1.54, 1.807) is 0 Å². The minimum Gasteiger partial charge on any atom is -0.329 e. The fourth-order valence-corrected chi connectivity index (χ4v) is 2.55. The summed E-state index contributed by atoms with van der Waals surface area (Å²) in [6.07, 6.45) is 8.05. The van der Waals surface area contributed by atoms with Crippen molar-refractivity contribution >= 4 is 0 Å². The number of unbranched alkanes of at least 4 members (excludes halogenated alkanes) is 2. The van der Waals surface area contributed by atoms with Crippen molar-refractivity contribution in [3.05, 3.63) is 0 Å². The summed E-state index contributed by atoms with van der Waals surface area (Å²) in [5.41, 5.74) is 5.86. The largest absolute Gasteiger partial charge is 0.329 e. The van der Waals surface area contributed by atoms with Gasteiger partial charge < -0.3 is 5.73 Å². The van der Waals surface area contributed by atoms with Gasteiger partial charge in [0.15, 0.2) is 0 Å². The molecule has 0 radical (unpaired) electrons. The lowest BCUT2D eigenvalue weighted by atomic mass is 10.1. The van der Waals surface area contributed by atoms with E-state index in [4.69, 9.17) is 5.73 Å². The van der Waals surface area contributed by atoms with E-state index in [-0.39, 0.29) is 0 Å². The van der Waals surface area contributed by atoms with Gasteiger partial charge >= 0.3 is 0 Å². The Morgan fingerprint density at radius 3 is 2.71 bits per heavy atom. The fourth-order valence-electron chi connectivity index (χ4n) is 2.55. The van der Waals surface area contributed by atoms with E-state index in [2.05, 4.69) is 18.7 Å². The van der Waals surface area contributed by atoms with E-state index in [1.165, 1.54) is 45.1 Å². The highest BCUT2D eigenvalue weighted by Gasteiger charge is 2.26. The molecule has 0 spiro atoms. The molecule has 0 bridgehead atoms. The van der Waals surface area contributed by atoms with Crippen LogP contribution in [0.5, 0.6) is 0 Å². The van der Waals surface area contributed by atoms with Crippen LogP contribution in [0.25, 0.3) is 0 Å². The summed E-state index contributed by atoms with van der Waals surface area (Å²) in [6, 6.07) is 1.42. The summed E-state index contributed by atoms with van der Waals surface area (Å²) in [7, 11) is 0. The molecule has 2 nitrogen and oxygen atoms in total. The first-order chi connectivity index (χ1) is 6.79. The minimum atomic E-state index is 0.652. The second-order valence-electron chi connectivity index (χ2n) is 4.61. The maximum absolute atomic E-state index is 5.86. The van der Waals surface area contributed by atoms with Gasteiger partial charge in [0.25, 0.3) is 0 Å². The van der Waals surface area contributed by atoms with E-state index in [0.29, 0.717) is 6.04 Å². The maximum atomic E-state index is 5.86. The number of rotatable bonds is 6. The first kappa shape index (κ1) is 12.0. The molecular formula is C12H26N2. The van der Waals surface area contributed by atoms with Crippen molar-refractivity contribution in [1.82, 2.24) is 4.90 Å². The van der Waals surface area contributed by atoms with E-state index >= 15 is 0 Å². The van der Waals surface area contributed by atoms with Gasteiger partial charge in [-0.1, -0.05) is 26.2 Å². The molecule has 0 aromatic heterocycles. The molecule has 1 fully saturated rings. The van der Waals surface area contributed by atoms with Crippen LogP contribution in [0.3, 0.4) is 0 Å². The maximum Gasteiger partial charge on any atom is 0.0221 e. The molecule has 2 atom stereocenters. The molecule has 1 heterocycles. The lowest BCUT2D eigenvalue weighted by Gasteiger charge is -2.30. The van der Waals surface area contributed by atoms with Crippen LogP contribution in [-0.2, 0) is 0 Å². The lowest BCUT2D eigenvalue weighted by Crippen LogP contribution is -2.42. The highest BCUT2D eigenvalue weighted by atomic mass is 15.2. The minimum absolute atomic E-state index is 0.652. The molecule has 0 amide bonds. The van der Waals surface area contributed by atoms with Crippen LogP contribution in [0.15, 0.2) is 0 Å². The van der Waals surface area contributed by atoms with Crippen molar-refractivity contribution in [1.29, 1.82) is 0 Å². The highest BCUT2D eigenvalue weighted by Crippen LogP contribution is 2.21. The van der Waals surface area contributed by atoms with Gasteiger partial charge in [-0.3, -0.25) is 4.90 Å². The SMILES string of the molecule is CCCCCC(CN)N1CCCC1C. The van der Waals surface area contributed by atoms with Crippen molar-refractivity contribution < 1.29 is 0 Å². The van der Waals surface area contributed by atoms with Crippen molar-refractivity contribution in [2.75, 3.05) is 13.1 Å². The van der Waals surface area contributed by atoms with E-state index in [9.17, 15) is 0 Å². The molecule has 1 saturated heterocycles. The summed E-state index contributed by atoms with van der Waals surface area (Å²) in [4.78, 5) is 2.62. The zero-order valence-electron chi connectivity index (χ0n) is 9.84. The molecule has 2 heteroatoms. The highest BCUT2D eigenvalue weighted by molar-refractivity contribution is 4.82. The molecule has 0 saturated carbocycles. The quantitative estimate of drug-likeness (QED) is 0.664. The average Bonchev–Trinajstić information content (AvgIpc) is 2.60. The standard InChI is InChI=1S/C12H26N2/c1-3-4-5-8-12(10-13)14-9-6-7-11(14)2/h11-12H,3-10,13H2,1-2H3. The van der Waals surface area contributed by atoms with E-state index in [1.807, 2.05) is 0 Å². The lowest BCUT2D eigenvalue weighted by molar-refractivity contribution is 0.182. The van der Waals surface area contributed by atoms with Crippen LogP contribution in [0, 0.1) is 0 Å². The summed E-state index contributed by atoms with van der Waals surface area (Å²) in [5, 5.41) is 0. The topological polar surface area (TPSA) is 29.3 Å². The van der Waals surface area contributed by atoms with Gasteiger partial charge in [0.1, 0.15) is 0 Å². The van der Waals surface area contributed by atoms with Crippen molar-refractivity contribution in [2.24, 2.45) is 5.73 Å². The Morgan fingerprint density at radius 2 is 2.21 bits per heavy atom. The van der Waals surface area contributed by atoms with Crippen LogP contribution in [0.2, 0.25) is 0 Å². The number of hydrogen-bond acceptors (Lipinski definition) is 2. The third-order valence-corrected chi connectivity index (χ3v) is 3.49. The Bertz CT molecular complexity index is 147. The van der Waals surface area contributed by atoms with Gasteiger partial charge in [-0.15, -0.1) is 0 Å². The van der Waals surface area contributed by atoms with Crippen LogP contribution in [0.1, 0.15) is 52.4 Å². The normalized spacial score (nSPS) is 25.5. The molecule has 2 N–H and O–H groups in total. The summed E-state index contributed by atoms with van der Waals surface area (Å²) < 4.78 is 0. The zero-order chi connectivity index (χ0) is 10.4. The molecule has 1 aliphatic heterocycles. The average molecular weight is 198 g/mol. The number of nitrogens with zero attached hydrogens (tertiary/aromatic N) is 1. The van der Waals surface area contributed by atoms with Gasteiger partial charge in [0.2, 0.25) is 0 Å². The third-order valence-electron chi connectivity index (χ3n) is 3.49. The Morgan fingerprint density at radius 1 is 1.43 bits per heavy atom. The fraction of sp³-hybridized carbons (Fsp3) is 1.00.